The lowest BCUT2D eigenvalue weighted by Crippen LogP contribution is -2.45. The Labute approximate surface area is 186 Å². The Balaban J connectivity index is 1.22. The van der Waals surface area contributed by atoms with Crippen LogP contribution >= 0.6 is 0 Å². The predicted octanol–water partition coefficient (Wildman–Crippen LogP) is 4.01. The van der Waals surface area contributed by atoms with Crippen LogP contribution in [-0.2, 0) is 17.4 Å². The van der Waals surface area contributed by atoms with Gasteiger partial charge in [-0.1, -0.05) is 5.16 Å². The number of hydrogen-bond acceptors (Lipinski definition) is 6. The molecule has 3 aromatic rings. The first-order valence-electron chi connectivity index (χ1n) is 10.4. The minimum atomic E-state index is -4.41. The SMILES string of the molecule is O=C(CCc1nc(-c2ccc(F)cc2)no1)NC1CCN(c2ccc(C(F)(F)F)cn2)CC1. The van der Waals surface area contributed by atoms with Crippen molar-refractivity contribution in [3.63, 3.8) is 0 Å². The molecule has 3 heterocycles. The molecule has 0 saturated carbocycles. The quantitative estimate of drug-likeness (QED) is 0.557. The molecule has 1 aliphatic heterocycles. The summed E-state index contributed by atoms with van der Waals surface area (Å²) >= 11 is 0. The number of piperidine rings is 1. The zero-order chi connectivity index (χ0) is 23.4. The molecule has 7 nitrogen and oxygen atoms in total. The third-order valence-corrected chi connectivity index (χ3v) is 5.40. The monoisotopic (exact) mass is 463 g/mol. The second kappa shape index (κ2) is 9.55. The Hall–Kier alpha value is -3.50. The number of benzene rings is 1. The fourth-order valence-electron chi connectivity index (χ4n) is 3.59. The summed E-state index contributed by atoms with van der Waals surface area (Å²) in [7, 11) is 0. The molecule has 1 fully saturated rings. The maximum atomic E-state index is 13.0. The molecular formula is C22H21F4N5O2. The Morgan fingerprint density at radius 2 is 1.85 bits per heavy atom. The van der Waals surface area contributed by atoms with E-state index in [9.17, 15) is 22.4 Å². The van der Waals surface area contributed by atoms with E-state index in [1.165, 1.54) is 18.2 Å². The van der Waals surface area contributed by atoms with Crippen LogP contribution in [0.4, 0.5) is 23.4 Å². The van der Waals surface area contributed by atoms with Crippen LogP contribution in [0.3, 0.4) is 0 Å². The molecule has 1 amide bonds. The van der Waals surface area contributed by atoms with Crippen LogP contribution < -0.4 is 10.2 Å². The van der Waals surface area contributed by atoms with Crippen molar-refractivity contribution < 1.29 is 26.9 Å². The van der Waals surface area contributed by atoms with Gasteiger partial charge in [0.15, 0.2) is 0 Å². The van der Waals surface area contributed by atoms with Crippen molar-refractivity contribution in [3.05, 3.63) is 59.9 Å². The zero-order valence-corrected chi connectivity index (χ0v) is 17.5. The molecule has 174 valence electrons. The molecular weight excluding hydrogens is 442 g/mol. The van der Waals surface area contributed by atoms with Gasteiger partial charge >= 0.3 is 6.18 Å². The molecule has 4 rings (SSSR count). The highest BCUT2D eigenvalue weighted by Crippen LogP contribution is 2.29. The molecule has 1 N–H and O–H groups in total. The fourth-order valence-corrected chi connectivity index (χ4v) is 3.59. The summed E-state index contributed by atoms with van der Waals surface area (Å²) in [4.78, 5) is 22.4. The summed E-state index contributed by atoms with van der Waals surface area (Å²) in [6.45, 7) is 1.15. The lowest BCUT2D eigenvalue weighted by molar-refractivity contribution is -0.137. The first kappa shape index (κ1) is 22.7. The topological polar surface area (TPSA) is 84.1 Å². The van der Waals surface area contributed by atoms with Gasteiger partial charge in [-0.3, -0.25) is 4.79 Å². The summed E-state index contributed by atoms with van der Waals surface area (Å²) in [6, 6.07) is 8.06. The Kier molecular flexibility index (Phi) is 6.57. The first-order valence-corrected chi connectivity index (χ1v) is 10.4. The molecule has 0 spiro atoms. The van der Waals surface area contributed by atoms with Gasteiger partial charge < -0.3 is 14.7 Å². The van der Waals surface area contributed by atoms with Crippen LogP contribution in [0.1, 0.15) is 30.7 Å². The number of aromatic nitrogens is 3. The van der Waals surface area contributed by atoms with Crippen LogP contribution in [0.25, 0.3) is 11.4 Å². The third kappa shape index (κ3) is 5.85. The Morgan fingerprint density at radius 3 is 2.48 bits per heavy atom. The molecule has 33 heavy (non-hydrogen) atoms. The number of aryl methyl sites for hydroxylation is 1. The lowest BCUT2D eigenvalue weighted by atomic mass is 10.0. The molecule has 0 unspecified atom stereocenters. The van der Waals surface area contributed by atoms with Gasteiger partial charge in [0.25, 0.3) is 0 Å². The van der Waals surface area contributed by atoms with Gasteiger partial charge in [0.05, 0.1) is 5.56 Å². The van der Waals surface area contributed by atoms with E-state index in [1.807, 2.05) is 4.90 Å². The number of hydrogen-bond donors (Lipinski definition) is 1. The van der Waals surface area contributed by atoms with Crippen molar-refractivity contribution in [2.45, 2.75) is 37.9 Å². The number of nitrogens with zero attached hydrogens (tertiary/aromatic N) is 4. The number of nitrogens with one attached hydrogen (secondary N) is 1. The van der Waals surface area contributed by atoms with E-state index in [-0.39, 0.29) is 30.6 Å². The average Bonchev–Trinajstić information content (AvgIpc) is 3.27. The number of carbonyl (C=O) groups excluding carboxylic acids is 1. The van der Waals surface area contributed by atoms with E-state index in [2.05, 4.69) is 20.4 Å². The second-order valence-electron chi connectivity index (χ2n) is 7.75. The van der Waals surface area contributed by atoms with E-state index in [0.29, 0.717) is 49.0 Å². The van der Waals surface area contributed by atoms with Gasteiger partial charge in [0.1, 0.15) is 11.6 Å². The summed E-state index contributed by atoms with van der Waals surface area (Å²) in [5.41, 5.74) is -0.162. The van der Waals surface area contributed by atoms with Crippen molar-refractivity contribution >= 4 is 11.7 Å². The van der Waals surface area contributed by atoms with Gasteiger partial charge in [-0.2, -0.15) is 18.2 Å². The zero-order valence-electron chi connectivity index (χ0n) is 17.5. The van der Waals surface area contributed by atoms with E-state index >= 15 is 0 Å². The van der Waals surface area contributed by atoms with Crippen molar-refractivity contribution in [1.82, 2.24) is 20.4 Å². The fraction of sp³-hybridized carbons (Fsp3) is 0.364. The van der Waals surface area contributed by atoms with Gasteiger partial charge in [-0.25, -0.2) is 9.37 Å². The summed E-state index contributed by atoms with van der Waals surface area (Å²) < 4.78 is 56.2. The van der Waals surface area contributed by atoms with E-state index in [4.69, 9.17) is 4.52 Å². The standard InChI is InChI=1S/C22H21F4N5O2/c23-16-4-1-14(2-5-16)21-29-20(33-30-21)8-7-19(32)28-17-9-11-31(12-10-17)18-6-3-15(13-27-18)22(24,25)26/h1-6,13,17H,7-12H2,(H,28,32). The number of pyridine rings is 1. The summed E-state index contributed by atoms with van der Waals surface area (Å²) in [5.74, 6) is 0.617. The Bertz CT molecular complexity index is 1080. The number of amides is 1. The van der Waals surface area contributed by atoms with E-state index < -0.39 is 11.7 Å². The molecule has 1 saturated heterocycles. The van der Waals surface area contributed by atoms with Crippen LogP contribution in [0.5, 0.6) is 0 Å². The molecule has 1 aromatic carbocycles. The number of anilines is 1. The summed E-state index contributed by atoms with van der Waals surface area (Å²) in [5, 5.41) is 6.82. The third-order valence-electron chi connectivity index (χ3n) is 5.40. The first-order chi connectivity index (χ1) is 15.8. The molecule has 0 aliphatic carbocycles. The largest absolute Gasteiger partial charge is 0.417 e. The highest BCUT2D eigenvalue weighted by molar-refractivity contribution is 5.76. The van der Waals surface area contributed by atoms with Crippen molar-refractivity contribution in [3.8, 4) is 11.4 Å². The molecule has 2 aromatic heterocycles. The highest BCUT2D eigenvalue weighted by atomic mass is 19.4. The smallest absolute Gasteiger partial charge is 0.356 e. The number of halogens is 4. The van der Waals surface area contributed by atoms with Crippen LogP contribution in [0, 0.1) is 5.82 Å². The average molecular weight is 463 g/mol. The predicted molar refractivity (Wildman–Crippen MR) is 111 cm³/mol. The minimum Gasteiger partial charge on any atom is -0.356 e. The summed E-state index contributed by atoms with van der Waals surface area (Å²) in [6.07, 6.45) is -1.82. The number of carbonyl (C=O) groups is 1. The van der Waals surface area contributed by atoms with E-state index in [1.54, 1.807) is 12.1 Å². The van der Waals surface area contributed by atoms with Crippen LogP contribution in [0.15, 0.2) is 47.1 Å². The normalized spacial score (nSPS) is 15.0. The van der Waals surface area contributed by atoms with E-state index in [0.717, 1.165) is 12.3 Å². The molecule has 1 aliphatic rings. The maximum Gasteiger partial charge on any atom is 0.417 e. The van der Waals surface area contributed by atoms with Gasteiger partial charge in [0, 0.05) is 43.7 Å². The lowest BCUT2D eigenvalue weighted by Gasteiger charge is -2.33. The van der Waals surface area contributed by atoms with Gasteiger partial charge in [0.2, 0.25) is 17.6 Å². The number of rotatable bonds is 6. The number of alkyl halides is 3. The van der Waals surface area contributed by atoms with Crippen LogP contribution in [-0.4, -0.2) is 40.2 Å². The van der Waals surface area contributed by atoms with Crippen LogP contribution in [0.2, 0.25) is 0 Å². The highest BCUT2D eigenvalue weighted by Gasteiger charge is 2.31. The minimum absolute atomic E-state index is 0.0272. The maximum absolute atomic E-state index is 13.0. The van der Waals surface area contributed by atoms with Crippen molar-refractivity contribution in [2.24, 2.45) is 0 Å². The van der Waals surface area contributed by atoms with Crippen molar-refractivity contribution in [1.29, 1.82) is 0 Å². The molecule has 0 bridgehead atoms. The van der Waals surface area contributed by atoms with Crippen molar-refractivity contribution in [2.75, 3.05) is 18.0 Å². The Morgan fingerprint density at radius 1 is 1.12 bits per heavy atom. The van der Waals surface area contributed by atoms with Gasteiger partial charge in [-0.15, -0.1) is 0 Å². The molecule has 11 heteroatoms. The van der Waals surface area contributed by atoms with Gasteiger partial charge in [-0.05, 0) is 49.2 Å². The molecule has 0 atom stereocenters. The molecule has 0 radical (unpaired) electrons. The second-order valence-corrected chi connectivity index (χ2v) is 7.75.